The predicted molar refractivity (Wildman–Crippen MR) is 62.6 cm³/mol. The van der Waals surface area contributed by atoms with Crippen molar-refractivity contribution in [1.82, 2.24) is 0 Å². The van der Waals surface area contributed by atoms with Crippen molar-refractivity contribution in [3.05, 3.63) is 58.6 Å². The standard InChI is InChI=1S/C13H6ClF2NO/c14-9-2-1-8(7-17)13(5-9)18-12-4-3-10(15)6-11(12)16/h1-6H. The number of halogens is 3. The molecule has 0 radical (unpaired) electrons. The van der Waals surface area contributed by atoms with Crippen molar-refractivity contribution in [2.75, 3.05) is 0 Å². The van der Waals surface area contributed by atoms with Crippen molar-refractivity contribution >= 4 is 11.6 Å². The van der Waals surface area contributed by atoms with E-state index in [1.54, 1.807) is 0 Å². The number of ether oxygens (including phenoxy) is 1. The first-order chi connectivity index (χ1) is 8.60. The highest BCUT2D eigenvalue weighted by Crippen LogP contribution is 2.29. The van der Waals surface area contributed by atoms with Crippen LogP contribution in [0, 0.1) is 23.0 Å². The van der Waals surface area contributed by atoms with E-state index < -0.39 is 11.6 Å². The third-order valence-electron chi connectivity index (χ3n) is 2.18. The number of hydrogen-bond acceptors (Lipinski definition) is 2. The minimum atomic E-state index is -0.848. The summed E-state index contributed by atoms with van der Waals surface area (Å²) in [6, 6.07) is 9.18. The molecule has 2 nitrogen and oxygen atoms in total. The van der Waals surface area contributed by atoms with Gasteiger partial charge in [0.25, 0.3) is 0 Å². The summed E-state index contributed by atoms with van der Waals surface area (Å²) in [6.45, 7) is 0. The molecule has 0 saturated carbocycles. The Bertz CT molecular complexity index is 637. The van der Waals surface area contributed by atoms with Gasteiger partial charge >= 0.3 is 0 Å². The van der Waals surface area contributed by atoms with Crippen LogP contribution in [0.5, 0.6) is 11.5 Å². The van der Waals surface area contributed by atoms with Gasteiger partial charge in [-0.3, -0.25) is 0 Å². The fourth-order valence-electron chi connectivity index (χ4n) is 1.35. The van der Waals surface area contributed by atoms with E-state index in [4.69, 9.17) is 21.6 Å². The van der Waals surface area contributed by atoms with E-state index in [0.717, 1.165) is 12.1 Å². The van der Waals surface area contributed by atoms with Gasteiger partial charge in [0.15, 0.2) is 11.6 Å². The molecule has 2 aromatic carbocycles. The van der Waals surface area contributed by atoms with Crippen LogP contribution in [0.2, 0.25) is 5.02 Å². The molecule has 2 aromatic rings. The van der Waals surface area contributed by atoms with Crippen LogP contribution in [0.15, 0.2) is 36.4 Å². The van der Waals surface area contributed by atoms with E-state index in [0.29, 0.717) is 11.1 Å². The zero-order valence-corrected chi connectivity index (χ0v) is 9.71. The van der Waals surface area contributed by atoms with Gasteiger partial charge in [-0.15, -0.1) is 0 Å². The first kappa shape index (κ1) is 12.3. The molecule has 0 aliphatic rings. The zero-order chi connectivity index (χ0) is 13.1. The molecule has 0 aliphatic carbocycles. The normalized spacial score (nSPS) is 9.89. The van der Waals surface area contributed by atoms with Gasteiger partial charge < -0.3 is 4.74 Å². The minimum Gasteiger partial charge on any atom is -0.453 e. The molecular formula is C13H6ClF2NO. The van der Waals surface area contributed by atoms with E-state index >= 15 is 0 Å². The van der Waals surface area contributed by atoms with Crippen molar-refractivity contribution in [1.29, 1.82) is 5.26 Å². The maximum Gasteiger partial charge on any atom is 0.168 e. The molecule has 0 saturated heterocycles. The summed E-state index contributed by atoms with van der Waals surface area (Å²) >= 11 is 5.76. The fraction of sp³-hybridized carbons (Fsp3) is 0. The minimum absolute atomic E-state index is 0.121. The maximum absolute atomic E-state index is 13.4. The summed E-state index contributed by atoms with van der Waals surface area (Å²) in [7, 11) is 0. The lowest BCUT2D eigenvalue weighted by Crippen LogP contribution is -1.92. The molecule has 5 heteroatoms. The van der Waals surface area contributed by atoms with Crippen molar-refractivity contribution in [3.63, 3.8) is 0 Å². The summed E-state index contributed by atoms with van der Waals surface area (Å²) in [5.41, 5.74) is 0.211. The molecule has 18 heavy (non-hydrogen) atoms. The number of benzene rings is 2. The molecule has 0 N–H and O–H groups in total. The Morgan fingerprint density at radius 2 is 1.83 bits per heavy atom. The van der Waals surface area contributed by atoms with Gasteiger partial charge in [0, 0.05) is 17.2 Å². The van der Waals surface area contributed by atoms with Crippen LogP contribution in [0.1, 0.15) is 5.56 Å². The fourth-order valence-corrected chi connectivity index (χ4v) is 1.51. The molecule has 0 unspecified atom stereocenters. The van der Waals surface area contributed by atoms with E-state index in [-0.39, 0.29) is 17.1 Å². The van der Waals surface area contributed by atoms with Crippen molar-refractivity contribution in [2.24, 2.45) is 0 Å². The third-order valence-corrected chi connectivity index (χ3v) is 2.41. The predicted octanol–water partition coefficient (Wildman–Crippen LogP) is 4.28. The Morgan fingerprint density at radius 1 is 1.06 bits per heavy atom. The molecule has 0 spiro atoms. The molecular weight excluding hydrogens is 260 g/mol. The highest BCUT2D eigenvalue weighted by atomic mass is 35.5. The van der Waals surface area contributed by atoms with Crippen LogP contribution in [-0.2, 0) is 0 Å². The van der Waals surface area contributed by atoms with Gasteiger partial charge in [-0.2, -0.15) is 5.26 Å². The second kappa shape index (κ2) is 5.03. The van der Waals surface area contributed by atoms with Crippen molar-refractivity contribution in [2.45, 2.75) is 0 Å². The van der Waals surface area contributed by atoms with Crippen LogP contribution in [0.25, 0.3) is 0 Å². The van der Waals surface area contributed by atoms with Gasteiger partial charge in [0.2, 0.25) is 0 Å². The van der Waals surface area contributed by atoms with Crippen molar-refractivity contribution < 1.29 is 13.5 Å². The lowest BCUT2D eigenvalue weighted by Gasteiger charge is -2.08. The largest absolute Gasteiger partial charge is 0.453 e. The number of nitrogens with zero attached hydrogens (tertiary/aromatic N) is 1. The Kier molecular flexibility index (Phi) is 3.45. The van der Waals surface area contributed by atoms with Crippen molar-refractivity contribution in [3.8, 4) is 17.6 Å². The third kappa shape index (κ3) is 2.58. The van der Waals surface area contributed by atoms with E-state index in [2.05, 4.69) is 0 Å². The Morgan fingerprint density at radius 3 is 2.50 bits per heavy atom. The molecule has 0 fully saturated rings. The number of rotatable bonds is 2. The van der Waals surface area contributed by atoms with Gasteiger partial charge in [0.1, 0.15) is 17.6 Å². The smallest absolute Gasteiger partial charge is 0.168 e. The highest BCUT2D eigenvalue weighted by Gasteiger charge is 2.10. The van der Waals surface area contributed by atoms with Crippen LogP contribution in [0.3, 0.4) is 0 Å². The summed E-state index contributed by atoms with van der Waals surface area (Å²) in [5.74, 6) is -1.60. The second-order valence-corrected chi connectivity index (χ2v) is 3.87. The maximum atomic E-state index is 13.4. The first-order valence-corrected chi connectivity index (χ1v) is 5.30. The Balaban J connectivity index is 2.40. The summed E-state index contributed by atoms with van der Waals surface area (Å²) in [6.07, 6.45) is 0. The molecule has 0 heterocycles. The quantitative estimate of drug-likeness (QED) is 0.812. The lowest BCUT2D eigenvalue weighted by molar-refractivity contribution is 0.436. The summed E-state index contributed by atoms with van der Waals surface area (Å²) < 4.78 is 31.3. The summed E-state index contributed by atoms with van der Waals surface area (Å²) in [5, 5.41) is 9.23. The zero-order valence-electron chi connectivity index (χ0n) is 8.95. The second-order valence-electron chi connectivity index (χ2n) is 3.43. The van der Waals surface area contributed by atoms with E-state index in [1.807, 2.05) is 6.07 Å². The number of nitriles is 1. The Labute approximate surface area is 107 Å². The topological polar surface area (TPSA) is 33.0 Å². The molecule has 0 aliphatic heterocycles. The van der Waals surface area contributed by atoms with Gasteiger partial charge in [-0.25, -0.2) is 8.78 Å². The van der Waals surface area contributed by atoms with Crippen LogP contribution < -0.4 is 4.74 Å². The van der Waals surface area contributed by atoms with Gasteiger partial charge in [-0.1, -0.05) is 11.6 Å². The van der Waals surface area contributed by atoms with E-state index in [9.17, 15) is 8.78 Å². The average molecular weight is 266 g/mol. The number of hydrogen-bond donors (Lipinski definition) is 0. The molecule has 2 rings (SSSR count). The van der Waals surface area contributed by atoms with Crippen LogP contribution in [0.4, 0.5) is 8.78 Å². The SMILES string of the molecule is N#Cc1ccc(Cl)cc1Oc1ccc(F)cc1F. The lowest BCUT2D eigenvalue weighted by atomic mass is 10.2. The molecule has 0 bridgehead atoms. The van der Waals surface area contributed by atoms with Gasteiger partial charge in [-0.05, 0) is 24.3 Å². The average Bonchev–Trinajstić information content (AvgIpc) is 2.33. The van der Waals surface area contributed by atoms with Crippen LogP contribution in [-0.4, -0.2) is 0 Å². The molecule has 90 valence electrons. The van der Waals surface area contributed by atoms with Gasteiger partial charge in [0.05, 0.1) is 5.56 Å². The molecule has 0 amide bonds. The Hall–Kier alpha value is -2.12. The first-order valence-electron chi connectivity index (χ1n) is 4.92. The van der Waals surface area contributed by atoms with E-state index in [1.165, 1.54) is 18.2 Å². The molecule has 0 aromatic heterocycles. The highest BCUT2D eigenvalue weighted by molar-refractivity contribution is 6.30. The monoisotopic (exact) mass is 265 g/mol. The molecule has 0 atom stereocenters. The summed E-state index contributed by atoms with van der Waals surface area (Å²) in [4.78, 5) is 0. The van der Waals surface area contributed by atoms with Crippen LogP contribution >= 0.6 is 11.6 Å².